The number of hydrogen-bond donors (Lipinski definition) is 3. The highest BCUT2D eigenvalue weighted by Crippen LogP contribution is 2.32. The van der Waals surface area contributed by atoms with Crippen LogP contribution in [0.3, 0.4) is 0 Å². The van der Waals surface area contributed by atoms with Gasteiger partial charge in [0.15, 0.2) is 11.6 Å². The van der Waals surface area contributed by atoms with Gasteiger partial charge >= 0.3 is 0 Å². The van der Waals surface area contributed by atoms with E-state index in [1.165, 1.54) is 22.7 Å². The number of amidine groups is 1. The molecule has 4 rings (SSSR count). The second-order valence-electron chi connectivity index (χ2n) is 6.41. The quantitative estimate of drug-likeness (QED) is 0.272. The van der Waals surface area contributed by atoms with E-state index in [0.29, 0.717) is 22.2 Å². The van der Waals surface area contributed by atoms with Gasteiger partial charge in [0.05, 0.1) is 15.5 Å². The van der Waals surface area contributed by atoms with Gasteiger partial charge in [-0.15, -0.1) is 22.7 Å². The first-order valence-corrected chi connectivity index (χ1v) is 11.9. The maximum Gasteiger partial charge on any atom is 0.261 e. The molecule has 4 N–H and O–H groups in total. The largest absolute Gasteiger partial charge is 0.383 e. The van der Waals surface area contributed by atoms with Crippen molar-refractivity contribution < 1.29 is 17.2 Å². The maximum absolute atomic E-state index is 13.4. The third kappa shape index (κ3) is 4.48. The monoisotopic (exact) mass is 476 g/mol. The predicted octanol–water partition coefficient (Wildman–Crippen LogP) is 4.90. The number of nitrogen functional groups attached to an aromatic ring is 1. The molecular weight excluding hydrogens is 462 g/mol. The van der Waals surface area contributed by atoms with Crippen LogP contribution in [0.2, 0.25) is 0 Å². The van der Waals surface area contributed by atoms with Gasteiger partial charge in [-0.2, -0.15) is 0 Å². The van der Waals surface area contributed by atoms with Crippen LogP contribution in [-0.4, -0.2) is 19.2 Å². The number of anilines is 1. The molecule has 0 bridgehead atoms. The van der Waals surface area contributed by atoms with Crippen molar-refractivity contribution in [1.29, 1.82) is 5.41 Å². The van der Waals surface area contributed by atoms with Crippen LogP contribution in [0.15, 0.2) is 64.2 Å². The predicted molar refractivity (Wildman–Crippen MR) is 119 cm³/mol. The SMILES string of the molecule is N=C(N)c1cc(-c2nc(-c3cccc(NS(=O)(=O)c4ccc(F)c(F)c4)c3)cs2)cs1. The number of halogens is 2. The molecule has 0 unspecified atom stereocenters. The van der Waals surface area contributed by atoms with Crippen molar-refractivity contribution >= 4 is 44.2 Å². The molecule has 0 aliphatic heterocycles. The van der Waals surface area contributed by atoms with Crippen LogP contribution < -0.4 is 10.5 Å². The molecule has 6 nitrogen and oxygen atoms in total. The Bertz CT molecular complexity index is 1400. The number of nitrogens with one attached hydrogen (secondary N) is 2. The molecule has 31 heavy (non-hydrogen) atoms. The molecule has 2 aromatic carbocycles. The van der Waals surface area contributed by atoms with Crippen molar-refractivity contribution in [2.75, 3.05) is 4.72 Å². The molecule has 0 saturated heterocycles. The third-order valence-corrected chi connectivity index (χ3v) is 7.46. The van der Waals surface area contributed by atoms with Crippen LogP contribution in [-0.2, 0) is 10.0 Å². The third-order valence-electron chi connectivity index (χ3n) is 4.23. The van der Waals surface area contributed by atoms with E-state index in [0.717, 1.165) is 22.7 Å². The zero-order valence-corrected chi connectivity index (χ0v) is 18.0. The number of thiophene rings is 1. The zero-order valence-electron chi connectivity index (χ0n) is 15.6. The number of hydrogen-bond acceptors (Lipinski definition) is 6. The molecule has 0 fully saturated rings. The molecule has 0 radical (unpaired) electrons. The molecule has 0 atom stereocenters. The first-order chi connectivity index (χ1) is 14.7. The van der Waals surface area contributed by atoms with Crippen molar-refractivity contribution in [3.8, 4) is 21.8 Å². The highest BCUT2D eigenvalue weighted by Gasteiger charge is 2.17. The Morgan fingerprint density at radius 2 is 1.81 bits per heavy atom. The van der Waals surface area contributed by atoms with Gasteiger partial charge in [-0.25, -0.2) is 22.2 Å². The first-order valence-electron chi connectivity index (χ1n) is 8.70. The lowest BCUT2D eigenvalue weighted by molar-refractivity contribution is 0.504. The molecule has 11 heteroatoms. The topological polar surface area (TPSA) is 109 Å². The van der Waals surface area contributed by atoms with Gasteiger partial charge in [-0.3, -0.25) is 10.1 Å². The van der Waals surface area contributed by atoms with Crippen LogP contribution in [0.5, 0.6) is 0 Å². The summed E-state index contributed by atoms with van der Waals surface area (Å²) < 4.78 is 53.9. The fourth-order valence-electron chi connectivity index (χ4n) is 2.73. The first kappa shape index (κ1) is 21.1. The van der Waals surface area contributed by atoms with Crippen molar-refractivity contribution in [3.63, 3.8) is 0 Å². The van der Waals surface area contributed by atoms with Gasteiger partial charge in [0.25, 0.3) is 10.0 Å². The highest BCUT2D eigenvalue weighted by atomic mass is 32.2. The maximum atomic E-state index is 13.4. The Balaban J connectivity index is 1.59. The number of thiazole rings is 1. The minimum absolute atomic E-state index is 0.00551. The van der Waals surface area contributed by atoms with Crippen molar-refractivity contribution in [1.82, 2.24) is 4.98 Å². The molecule has 0 aliphatic carbocycles. The summed E-state index contributed by atoms with van der Waals surface area (Å²) in [4.78, 5) is 4.86. The second-order valence-corrected chi connectivity index (χ2v) is 9.87. The number of nitrogens with zero attached hydrogens (tertiary/aromatic N) is 1. The Hall–Kier alpha value is -3.15. The summed E-state index contributed by atoms with van der Waals surface area (Å²) in [6, 6.07) is 10.8. The van der Waals surface area contributed by atoms with Crippen LogP contribution >= 0.6 is 22.7 Å². The summed E-state index contributed by atoms with van der Waals surface area (Å²) in [6.07, 6.45) is 0. The molecule has 0 aliphatic rings. The molecule has 158 valence electrons. The summed E-state index contributed by atoms with van der Waals surface area (Å²) in [7, 11) is -4.10. The summed E-state index contributed by atoms with van der Waals surface area (Å²) in [5.41, 5.74) is 7.93. The Labute approximate surface area is 184 Å². The molecule has 0 amide bonds. The molecule has 0 saturated carbocycles. The summed E-state index contributed by atoms with van der Waals surface area (Å²) in [5, 5.41) is 12.0. The molecular formula is C20H14F2N4O2S3. The van der Waals surface area contributed by atoms with Crippen LogP contribution in [0.25, 0.3) is 21.8 Å². The lowest BCUT2D eigenvalue weighted by Gasteiger charge is -2.09. The summed E-state index contributed by atoms with van der Waals surface area (Å²) in [6.45, 7) is 0. The van der Waals surface area contributed by atoms with E-state index >= 15 is 0 Å². The van der Waals surface area contributed by atoms with E-state index in [1.54, 1.807) is 30.3 Å². The Morgan fingerprint density at radius 3 is 2.52 bits per heavy atom. The average Bonchev–Trinajstić information content (AvgIpc) is 3.39. The number of nitrogens with two attached hydrogens (primary N) is 1. The van der Waals surface area contributed by atoms with Crippen LogP contribution in [0.1, 0.15) is 4.88 Å². The van der Waals surface area contributed by atoms with E-state index in [2.05, 4.69) is 9.71 Å². The van der Waals surface area contributed by atoms with Gasteiger partial charge in [-0.05, 0) is 36.4 Å². The molecule has 2 aromatic heterocycles. The normalized spacial score (nSPS) is 11.4. The summed E-state index contributed by atoms with van der Waals surface area (Å²) in [5.74, 6) is -2.37. The van der Waals surface area contributed by atoms with Crippen LogP contribution in [0, 0.1) is 17.0 Å². The molecule has 4 aromatic rings. The average molecular weight is 477 g/mol. The number of benzene rings is 2. The van der Waals surface area contributed by atoms with Crippen molar-refractivity contribution in [2.45, 2.75) is 4.90 Å². The highest BCUT2D eigenvalue weighted by molar-refractivity contribution is 7.92. The fourth-order valence-corrected chi connectivity index (χ4v) is 5.44. The minimum atomic E-state index is -4.10. The van der Waals surface area contributed by atoms with Crippen LogP contribution in [0.4, 0.5) is 14.5 Å². The van der Waals surface area contributed by atoms with E-state index in [-0.39, 0.29) is 16.4 Å². The van der Waals surface area contributed by atoms with E-state index < -0.39 is 21.7 Å². The summed E-state index contributed by atoms with van der Waals surface area (Å²) >= 11 is 2.77. The van der Waals surface area contributed by atoms with E-state index in [4.69, 9.17) is 11.1 Å². The van der Waals surface area contributed by atoms with Gasteiger partial charge in [0, 0.05) is 27.6 Å². The zero-order chi connectivity index (χ0) is 22.2. The Kier molecular flexibility index (Phi) is 5.56. The van der Waals surface area contributed by atoms with Crippen molar-refractivity contribution in [3.05, 3.63) is 75.8 Å². The number of rotatable bonds is 6. The Morgan fingerprint density at radius 1 is 1.00 bits per heavy atom. The standard InChI is InChI=1S/C20H14F2N4O2S3/c21-15-5-4-14(8-16(15)22)31(27,28)26-13-3-1-2-11(6-13)17-10-30-20(25-17)12-7-18(19(23)24)29-9-12/h1-10,26H,(H3,23,24). The second kappa shape index (κ2) is 8.17. The number of sulfonamides is 1. The smallest absolute Gasteiger partial charge is 0.261 e. The molecule has 0 spiro atoms. The minimum Gasteiger partial charge on any atom is -0.383 e. The van der Waals surface area contributed by atoms with Gasteiger partial charge in [0.2, 0.25) is 0 Å². The lowest BCUT2D eigenvalue weighted by atomic mass is 10.1. The lowest BCUT2D eigenvalue weighted by Crippen LogP contribution is -2.13. The van der Waals surface area contributed by atoms with Crippen molar-refractivity contribution in [2.24, 2.45) is 5.73 Å². The molecule has 2 heterocycles. The van der Waals surface area contributed by atoms with Gasteiger partial charge in [0.1, 0.15) is 10.8 Å². The number of aromatic nitrogens is 1. The van der Waals surface area contributed by atoms with E-state index in [1.807, 2.05) is 10.8 Å². The van der Waals surface area contributed by atoms with E-state index in [9.17, 15) is 17.2 Å². The fraction of sp³-hybridized carbons (Fsp3) is 0. The van der Waals surface area contributed by atoms with Gasteiger partial charge < -0.3 is 5.73 Å². The van der Waals surface area contributed by atoms with Gasteiger partial charge in [-0.1, -0.05) is 12.1 Å².